The quantitative estimate of drug-likeness (QED) is 0.820. The minimum Gasteiger partial charge on any atom is -0.369 e. The Morgan fingerprint density at radius 1 is 1.24 bits per heavy atom. The first-order valence-electron chi connectivity index (χ1n) is 6.46. The maximum Gasteiger partial charge on any atom is 0.244 e. The van der Waals surface area contributed by atoms with Crippen LogP contribution in [-0.2, 0) is 16.6 Å². The zero-order valence-electron chi connectivity index (χ0n) is 11.5. The molecule has 0 aliphatic rings. The van der Waals surface area contributed by atoms with E-state index in [0.717, 1.165) is 10.0 Å². The Balaban J connectivity index is 2.19. The molecule has 0 amide bonds. The van der Waals surface area contributed by atoms with E-state index in [-0.39, 0.29) is 11.4 Å². The van der Waals surface area contributed by atoms with Gasteiger partial charge < -0.3 is 5.32 Å². The summed E-state index contributed by atoms with van der Waals surface area (Å²) in [5.74, 6) is 0.363. The molecule has 0 saturated carbocycles. The molecule has 0 aliphatic carbocycles. The molecule has 0 radical (unpaired) electrons. The molecule has 2 N–H and O–H groups in total. The van der Waals surface area contributed by atoms with Crippen LogP contribution in [0, 0.1) is 0 Å². The van der Waals surface area contributed by atoms with Gasteiger partial charge in [0, 0.05) is 23.8 Å². The Morgan fingerprint density at radius 3 is 2.76 bits per heavy atom. The average Bonchev–Trinajstić information content (AvgIpc) is 2.46. The molecule has 2 rings (SSSR count). The van der Waals surface area contributed by atoms with E-state index in [0.29, 0.717) is 12.4 Å². The molecule has 2 aromatic rings. The molecular formula is C14H16BrN3O2S. The van der Waals surface area contributed by atoms with Crippen molar-refractivity contribution in [3.8, 4) is 0 Å². The number of pyridine rings is 1. The van der Waals surface area contributed by atoms with Crippen molar-refractivity contribution in [2.45, 2.75) is 18.4 Å². The summed E-state index contributed by atoms with van der Waals surface area (Å²) < 4.78 is 28.3. The molecule has 1 aromatic carbocycles. The van der Waals surface area contributed by atoms with Crippen LogP contribution in [0.5, 0.6) is 0 Å². The van der Waals surface area contributed by atoms with Gasteiger partial charge >= 0.3 is 0 Å². The van der Waals surface area contributed by atoms with Gasteiger partial charge in [-0.1, -0.05) is 28.1 Å². The molecule has 0 bridgehead atoms. The van der Waals surface area contributed by atoms with Crippen molar-refractivity contribution < 1.29 is 8.42 Å². The third-order valence-corrected chi connectivity index (χ3v) is 4.69. The van der Waals surface area contributed by atoms with Crippen molar-refractivity contribution >= 4 is 31.8 Å². The van der Waals surface area contributed by atoms with Crippen LogP contribution in [0.1, 0.15) is 12.5 Å². The minimum absolute atomic E-state index is 0.154. The number of benzene rings is 1. The highest BCUT2D eigenvalue weighted by Crippen LogP contribution is 2.18. The van der Waals surface area contributed by atoms with Gasteiger partial charge in [0.15, 0.2) is 0 Å². The first-order chi connectivity index (χ1) is 10.0. The molecule has 0 atom stereocenters. The number of aromatic nitrogens is 1. The monoisotopic (exact) mass is 369 g/mol. The van der Waals surface area contributed by atoms with Crippen molar-refractivity contribution in [2.75, 3.05) is 11.9 Å². The molecule has 0 unspecified atom stereocenters. The van der Waals surface area contributed by atoms with E-state index in [1.54, 1.807) is 12.3 Å². The first kappa shape index (κ1) is 15.9. The standard InChI is InChI=1S/C14H16BrN3O2S/c1-2-16-14-13(7-4-8-17-14)21(19,20)18-10-11-5-3-6-12(15)9-11/h3-9,18H,2,10H2,1H3,(H,16,17). The topological polar surface area (TPSA) is 71.1 Å². The Morgan fingerprint density at radius 2 is 2.05 bits per heavy atom. The van der Waals surface area contributed by atoms with Crippen LogP contribution >= 0.6 is 15.9 Å². The molecule has 112 valence electrons. The van der Waals surface area contributed by atoms with Crippen LogP contribution in [0.3, 0.4) is 0 Å². The number of hydrogen-bond acceptors (Lipinski definition) is 4. The van der Waals surface area contributed by atoms with Gasteiger partial charge in [-0.15, -0.1) is 0 Å². The SMILES string of the molecule is CCNc1ncccc1S(=O)(=O)NCc1cccc(Br)c1. The number of nitrogens with one attached hydrogen (secondary N) is 2. The number of anilines is 1. The molecule has 1 heterocycles. The summed E-state index contributed by atoms with van der Waals surface area (Å²) in [5.41, 5.74) is 0.877. The predicted octanol–water partition coefficient (Wildman–Crippen LogP) is 2.75. The lowest BCUT2D eigenvalue weighted by atomic mass is 10.2. The highest BCUT2D eigenvalue weighted by atomic mass is 79.9. The molecule has 0 fully saturated rings. The van der Waals surface area contributed by atoms with Crippen LogP contribution in [0.25, 0.3) is 0 Å². The molecule has 1 aromatic heterocycles. The summed E-state index contributed by atoms with van der Waals surface area (Å²) in [5, 5.41) is 2.95. The van der Waals surface area contributed by atoms with Crippen LogP contribution < -0.4 is 10.0 Å². The van der Waals surface area contributed by atoms with Crippen molar-refractivity contribution in [2.24, 2.45) is 0 Å². The van der Waals surface area contributed by atoms with Crippen LogP contribution in [-0.4, -0.2) is 19.9 Å². The van der Waals surface area contributed by atoms with Crippen molar-refractivity contribution in [3.63, 3.8) is 0 Å². The second-order valence-corrected chi connectivity index (χ2v) is 6.99. The van der Waals surface area contributed by atoms with Gasteiger partial charge in [0.1, 0.15) is 10.7 Å². The summed E-state index contributed by atoms with van der Waals surface area (Å²) in [4.78, 5) is 4.22. The second kappa shape index (κ2) is 7.02. The zero-order chi connectivity index (χ0) is 15.3. The van der Waals surface area contributed by atoms with Crippen LogP contribution in [0.2, 0.25) is 0 Å². The number of rotatable bonds is 6. The summed E-state index contributed by atoms with van der Waals surface area (Å²) in [7, 11) is -3.61. The van der Waals surface area contributed by atoms with E-state index in [1.165, 1.54) is 6.07 Å². The van der Waals surface area contributed by atoms with Gasteiger partial charge in [0.25, 0.3) is 0 Å². The third kappa shape index (κ3) is 4.26. The third-order valence-electron chi connectivity index (χ3n) is 2.76. The number of sulfonamides is 1. The van der Waals surface area contributed by atoms with Gasteiger partial charge in [0.05, 0.1) is 0 Å². The Hall–Kier alpha value is -1.44. The smallest absolute Gasteiger partial charge is 0.244 e. The summed E-state index contributed by atoms with van der Waals surface area (Å²) >= 11 is 3.36. The number of nitrogens with zero attached hydrogens (tertiary/aromatic N) is 1. The number of hydrogen-bond donors (Lipinski definition) is 2. The van der Waals surface area contributed by atoms with E-state index >= 15 is 0 Å². The van der Waals surface area contributed by atoms with Crippen LogP contribution in [0.15, 0.2) is 52.0 Å². The first-order valence-corrected chi connectivity index (χ1v) is 8.73. The molecule has 21 heavy (non-hydrogen) atoms. The van der Waals surface area contributed by atoms with Crippen molar-refractivity contribution in [3.05, 3.63) is 52.6 Å². The Kier molecular flexibility index (Phi) is 5.33. The van der Waals surface area contributed by atoms with Gasteiger partial charge in [-0.3, -0.25) is 0 Å². The van der Waals surface area contributed by atoms with E-state index < -0.39 is 10.0 Å². The average molecular weight is 370 g/mol. The minimum atomic E-state index is -3.61. The Bertz CT molecular complexity index is 720. The summed E-state index contributed by atoms with van der Waals surface area (Å²) in [6, 6.07) is 10.6. The lowest BCUT2D eigenvalue weighted by Gasteiger charge is -2.11. The van der Waals surface area contributed by atoms with Crippen LogP contribution in [0.4, 0.5) is 5.82 Å². The highest BCUT2D eigenvalue weighted by molar-refractivity contribution is 9.10. The van der Waals surface area contributed by atoms with E-state index in [9.17, 15) is 8.42 Å². The van der Waals surface area contributed by atoms with E-state index in [4.69, 9.17) is 0 Å². The molecule has 0 spiro atoms. The van der Waals surface area contributed by atoms with Crippen molar-refractivity contribution in [1.29, 1.82) is 0 Å². The fourth-order valence-corrected chi connectivity index (χ4v) is 3.41. The zero-order valence-corrected chi connectivity index (χ0v) is 13.9. The predicted molar refractivity (Wildman–Crippen MR) is 86.6 cm³/mol. The largest absolute Gasteiger partial charge is 0.369 e. The highest BCUT2D eigenvalue weighted by Gasteiger charge is 2.18. The Labute approximate surface area is 133 Å². The fourth-order valence-electron chi connectivity index (χ4n) is 1.81. The van der Waals surface area contributed by atoms with Gasteiger partial charge in [-0.05, 0) is 36.8 Å². The molecular weight excluding hydrogens is 354 g/mol. The van der Waals surface area contributed by atoms with Gasteiger partial charge in [-0.2, -0.15) is 0 Å². The number of halogens is 1. The molecule has 0 saturated heterocycles. The lowest BCUT2D eigenvalue weighted by molar-refractivity contribution is 0.581. The molecule has 7 heteroatoms. The summed E-state index contributed by atoms with van der Waals surface area (Å²) in [6.45, 7) is 2.72. The summed E-state index contributed by atoms with van der Waals surface area (Å²) in [6.07, 6.45) is 1.56. The maximum atomic E-state index is 12.4. The van der Waals surface area contributed by atoms with Gasteiger partial charge in [-0.25, -0.2) is 18.1 Å². The maximum absolute atomic E-state index is 12.4. The lowest BCUT2D eigenvalue weighted by Crippen LogP contribution is -2.24. The van der Waals surface area contributed by atoms with E-state index in [1.807, 2.05) is 31.2 Å². The van der Waals surface area contributed by atoms with Crippen molar-refractivity contribution in [1.82, 2.24) is 9.71 Å². The normalized spacial score (nSPS) is 11.3. The van der Waals surface area contributed by atoms with Gasteiger partial charge in [0.2, 0.25) is 10.0 Å². The molecule has 0 aliphatic heterocycles. The molecule has 5 nitrogen and oxygen atoms in total. The fraction of sp³-hybridized carbons (Fsp3) is 0.214. The van der Waals surface area contributed by atoms with E-state index in [2.05, 4.69) is 31.0 Å². The second-order valence-electron chi connectivity index (χ2n) is 4.33.